The molecule has 0 saturated carbocycles. The fourth-order valence-corrected chi connectivity index (χ4v) is 3.92. The average Bonchev–Trinajstić information content (AvgIpc) is 2.89. The van der Waals surface area contributed by atoms with Crippen molar-refractivity contribution >= 4 is 22.6 Å². The molecule has 2 amide bonds. The number of carbonyl (C=O) groups excluding carboxylic acids is 1. The van der Waals surface area contributed by atoms with Crippen LogP contribution in [0.5, 0.6) is 5.75 Å². The standard InChI is InChI=1S/C28H30N4O3/c1-5-20-11-13-21(14-12-20)29-28(34)31(4)19(3)26-30-25-10-8-7-9-24(25)27(33)32(26)22-15-17-23(18-16-22)35-6-2/h7-19H,5-6H2,1-4H3,(H,29,34). The Kier molecular flexibility index (Phi) is 7.15. The maximum Gasteiger partial charge on any atom is 0.322 e. The summed E-state index contributed by atoms with van der Waals surface area (Å²) in [5.74, 6) is 1.19. The molecule has 0 aliphatic rings. The van der Waals surface area contributed by atoms with Gasteiger partial charge in [0, 0.05) is 12.7 Å². The topological polar surface area (TPSA) is 76.5 Å². The second kappa shape index (κ2) is 10.4. The monoisotopic (exact) mass is 470 g/mol. The molecular weight excluding hydrogens is 440 g/mol. The summed E-state index contributed by atoms with van der Waals surface area (Å²) in [5, 5.41) is 3.45. The predicted octanol–water partition coefficient (Wildman–Crippen LogP) is 5.57. The smallest absolute Gasteiger partial charge is 0.322 e. The molecule has 7 nitrogen and oxygen atoms in total. The van der Waals surface area contributed by atoms with E-state index >= 15 is 0 Å². The van der Waals surface area contributed by atoms with Crippen molar-refractivity contribution in [3.8, 4) is 11.4 Å². The molecule has 4 aromatic rings. The molecule has 0 saturated heterocycles. The fraction of sp³-hybridized carbons (Fsp3) is 0.250. The van der Waals surface area contributed by atoms with Crippen molar-refractivity contribution in [1.82, 2.24) is 14.5 Å². The zero-order chi connectivity index (χ0) is 24.9. The molecule has 0 radical (unpaired) electrons. The van der Waals surface area contributed by atoms with Gasteiger partial charge in [-0.1, -0.05) is 31.2 Å². The van der Waals surface area contributed by atoms with Crippen molar-refractivity contribution in [1.29, 1.82) is 0 Å². The first-order valence-electron chi connectivity index (χ1n) is 11.8. The molecule has 0 spiro atoms. The highest BCUT2D eigenvalue weighted by Gasteiger charge is 2.24. The highest BCUT2D eigenvalue weighted by Crippen LogP contribution is 2.24. The van der Waals surface area contributed by atoms with Crippen LogP contribution in [0.25, 0.3) is 16.6 Å². The minimum absolute atomic E-state index is 0.189. The van der Waals surface area contributed by atoms with E-state index in [0.29, 0.717) is 34.7 Å². The number of urea groups is 1. The zero-order valence-corrected chi connectivity index (χ0v) is 20.5. The molecule has 1 N–H and O–H groups in total. The maximum absolute atomic E-state index is 13.6. The first-order chi connectivity index (χ1) is 16.9. The molecule has 0 fully saturated rings. The van der Waals surface area contributed by atoms with E-state index in [1.807, 2.05) is 80.6 Å². The van der Waals surface area contributed by atoms with E-state index in [0.717, 1.165) is 12.2 Å². The molecule has 3 aromatic carbocycles. The minimum Gasteiger partial charge on any atom is -0.494 e. The van der Waals surface area contributed by atoms with E-state index in [2.05, 4.69) is 12.2 Å². The molecule has 1 atom stereocenters. The van der Waals surface area contributed by atoms with E-state index in [4.69, 9.17) is 9.72 Å². The molecule has 1 unspecified atom stereocenters. The molecule has 0 aliphatic carbocycles. The Labute approximate surface area is 205 Å². The van der Waals surface area contributed by atoms with Crippen molar-refractivity contribution in [3.05, 3.63) is 94.5 Å². The molecule has 180 valence electrons. The number of benzene rings is 3. The van der Waals surface area contributed by atoms with E-state index in [1.165, 1.54) is 5.56 Å². The van der Waals surface area contributed by atoms with Crippen LogP contribution >= 0.6 is 0 Å². The van der Waals surface area contributed by atoms with E-state index in [1.54, 1.807) is 22.6 Å². The van der Waals surface area contributed by atoms with Crippen LogP contribution in [0.15, 0.2) is 77.6 Å². The number of para-hydroxylation sites is 1. The van der Waals surface area contributed by atoms with Gasteiger partial charge >= 0.3 is 6.03 Å². The van der Waals surface area contributed by atoms with Crippen molar-refractivity contribution in [2.45, 2.75) is 33.2 Å². The van der Waals surface area contributed by atoms with Gasteiger partial charge in [-0.3, -0.25) is 9.36 Å². The number of amides is 2. The molecule has 0 bridgehead atoms. The first kappa shape index (κ1) is 24.0. The van der Waals surface area contributed by atoms with Gasteiger partial charge in [0.25, 0.3) is 5.56 Å². The minimum atomic E-state index is -0.492. The number of fused-ring (bicyclic) bond motifs is 1. The van der Waals surface area contributed by atoms with Crippen LogP contribution in [0.2, 0.25) is 0 Å². The number of anilines is 1. The van der Waals surface area contributed by atoms with Gasteiger partial charge in [0.1, 0.15) is 11.6 Å². The number of nitrogens with zero attached hydrogens (tertiary/aromatic N) is 3. The Hall–Kier alpha value is -4.13. The Morgan fingerprint density at radius 1 is 1.03 bits per heavy atom. The number of rotatable bonds is 7. The van der Waals surface area contributed by atoms with Gasteiger partial charge in [-0.2, -0.15) is 0 Å². The summed E-state index contributed by atoms with van der Waals surface area (Å²) in [5.41, 5.74) is 2.96. The van der Waals surface area contributed by atoms with Crippen LogP contribution < -0.4 is 15.6 Å². The van der Waals surface area contributed by atoms with Crippen LogP contribution in [-0.2, 0) is 6.42 Å². The second-order valence-corrected chi connectivity index (χ2v) is 8.32. The van der Waals surface area contributed by atoms with Crippen LogP contribution in [0, 0.1) is 0 Å². The third-order valence-electron chi connectivity index (χ3n) is 6.10. The maximum atomic E-state index is 13.6. The van der Waals surface area contributed by atoms with Crippen LogP contribution in [0.3, 0.4) is 0 Å². The zero-order valence-electron chi connectivity index (χ0n) is 20.5. The van der Waals surface area contributed by atoms with Gasteiger partial charge in [0.2, 0.25) is 0 Å². The number of aromatic nitrogens is 2. The Balaban J connectivity index is 1.72. The van der Waals surface area contributed by atoms with Gasteiger partial charge in [-0.15, -0.1) is 0 Å². The lowest BCUT2D eigenvalue weighted by atomic mass is 10.1. The van der Waals surface area contributed by atoms with E-state index in [-0.39, 0.29) is 11.6 Å². The molecule has 35 heavy (non-hydrogen) atoms. The molecule has 1 heterocycles. The van der Waals surface area contributed by atoms with E-state index < -0.39 is 6.04 Å². The summed E-state index contributed by atoms with van der Waals surface area (Å²) in [6.45, 7) is 6.43. The third kappa shape index (κ3) is 5.04. The summed E-state index contributed by atoms with van der Waals surface area (Å²) in [4.78, 5) is 33.0. The number of aryl methyl sites for hydroxylation is 1. The Bertz CT molecular complexity index is 1380. The normalized spacial score (nSPS) is 11.8. The Morgan fingerprint density at radius 3 is 2.37 bits per heavy atom. The van der Waals surface area contributed by atoms with Crippen LogP contribution in [0.4, 0.5) is 10.5 Å². The summed E-state index contributed by atoms with van der Waals surface area (Å²) in [7, 11) is 1.70. The molecule has 1 aromatic heterocycles. The number of hydrogen-bond acceptors (Lipinski definition) is 4. The summed E-state index contributed by atoms with van der Waals surface area (Å²) >= 11 is 0. The van der Waals surface area contributed by atoms with Gasteiger partial charge < -0.3 is 15.0 Å². The number of ether oxygens (including phenoxy) is 1. The lowest BCUT2D eigenvalue weighted by Gasteiger charge is -2.27. The van der Waals surface area contributed by atoms with E-state index in [9.17, 15) is 9.59 Å². The molecule has 0 aliphatic heterocycles. The summed E-state index contributed by atoms with van der Waals surface area (Å²) < 4.78 is 7.12. The number of carbonyl (C=O) groups is 1. The van der Waals surface area contributed by atoms with Crippen LogP contribution in [0.1, 0.15) is 38.2 Å². The summed E-state index contributed by atoms with van der Waals surface area (Å²) in [6, 6.07) is 21.5. The Morgan fingerprint density at radius 2 is 1.71 bits per heavy atom. The van der Waals surface area contributed by atoms with Gasteiger partial charge in [-0.05, 0) is 74.4 Å². The van der Waals surface area contributed by atoms with Gasteiger partial charge in [-0.25, -0.2) is 9.78 Å². The van der Waals surface area contributed by atoms with Gasteiger partial charge in [0.05, 0.1) is 29.2 Å². The third-order valence-corrected chi connectivity index (χ3v) is 6.10. The van der Waals surface area contributed by atoms with Crippen molar-refractivity contribution in [3.63, 3.8) is 0 Å². The largest absolute Gasteiger partial charge is 0.494 e. The molecular formula is C28H30N4O3. The average molecular weight is 471 g/mol. The highest BCUT2D eigenvalue weighted by atomic mass is 16.5. The fourth-order valence-electron chi connectivity index (χ4n) is 3.92. The second-order valence-electron chi connectivity index (χ2n) is 8.32. The molecule has 4 rings (SSSR count). The highest BCUT2D eigenvalue weighted by molar-refractivity contribution is 5.89. The quantitative estimate of drug-likeness (QED) is 0.383. The van der Waals surface area contributed by atoms with Crippen molar-refractivity contribution < 1.29 is 9.53 Å². The lowest BCUT2D eigenvalue weighted by Crippen LogP contribution is -2.37. The predicted molar refractivity (Wildman–Crippen MR) is 140 cm³/mol. The van der Waals surface area contributed by atoms with Gasteiger partial charge in [0.15, 0.2) is 0 Å². The SMILES string of the molecule is CCOc1ccc(-n2c(C(C)N(C)C(=O)Nc3ccc(CC)cc3)nc3ccccc3c2=O)cc1. The van der Waals surface area contributed by atoms with Crippen molar-refractivity contribution in [2.24, 2.45) is 0 Å². The number of hydrogen-bond donors (Lipinski definition) is 1. The lowest BCUT2D eigenvalue weighted by molar-refractivity contribution is 0.205. The molecule has 7 heteroatoms. The number of nitrogens with one attached hydrogen (secondary N) is 1. The van der Waals surface area contributed by atoms with Crippen LogP contribution in [-0.4, -0.2) is 34.1 Å². The first-order valence-corrected chi connectivity index (χ1v) is 11.8. The van der Waals surface area contributed by atoms with Crippen molar-refractivity contribution in [2.75, 3.05) is 19.0 Å². The summed E-state index contributed by atoms with van der Waals surface area (Å²) in [6.07, 6.45) is 0.932.